The number of sulfonamides is 1. The second-order valence-corrected chi connectivity index (χ2v) is 10.7. The smallest absolute Gasteiger partial charge is 0.256 e. The number of nitrogens with zero attached hydrogens (tertiary/aromatic N) is 2. The monoisotopic (exact) mass is 475 g/mol. The maximum absolute atomic E-state index is 13.5. The van der Waals surface area contributed by atoms with Crippen molar-refractivity contribution in [1.82, 2.24) is 9.62 Å². The highest BCUT2D eigenvalue weighted by Gasteiger charge is 2.28. The lowest BCUT2D eigenvalue weighted by atomic mass is 9.98. The van der Waals surface area contributed by atoms with Gasteiger partial charge in [0.2, 0.25) is 10.0 Å². The number of benzene rings is 3. The average Bonchev–Trinajstić information content (AvgIpc) is 2.89. The molecule has 3 aromatic rings. The predicted octanol–water partition coefficient (Wildman–Crippen LogP) is 3.83. The lowest BCUT2D eigenvalue weighted by Gasteiger charge is -2.36. The van der Waals surface area contributed by atoms with Crippen LogP contribution in [-0.2, 0) is 23.0 Å². The van der Waals surface area contributed by atoms with Crippen LogP contribution >= 0.6 is 0 Å². The zero-order valence-electron chi connectivity index (χ0n) is 19.1. The minimum absolute atomic E-state index is 0.0528. The topological polar surface area (TPSA) is 69.7 Å². The van der Waals surface area contributed by atoms with Crippen LogP contribution < -0.4 is 9.62 Å². The average molecular weight is 476 g/mol. The highest BCUT2D eigenvalue weighted by atomic mass is 32.2. The first-order valence-electron chi connectivity index (χ1n) is 11.8. The third-order valence-electron chi connectivity index (χ3n) is 6.76. The number of fused-ring (bicyclic) bond motifs is 1. The molecule has 1 N–H and O–H groups in total. The Morgan fingerprint density at radius 1 is 0.794 bits per heavy atom. The quantitative estimate of drug-likeness (QED) is 0.609. The summed E-state index contributed by atoms with van der Waals surface area (Å²) in [6, 6.07) is 24.4. The van der Waals surface area contributed by atoms with Crippen LogP contribution in [0.5, 0.6) is 0 Å². The first-order chi connectivity index (χ1) is 16.5. The molecular formula is C27H29N3O3S. The Morgan fingerprint density at radius 2 is 1.44 bits per heavy atom. The van der Waals surface area contributed by atoms with Gasteiger partial charge in [-0.3, -0.25) is 4.79 Å². The number of carbonyl (C=O) groups is 1. The Balaban J connectivity index is 1.26. The molecule has 1 saturated heterocycles. The Bertz CT molecular complexity index is 1270. The molecule has 0 radical (unpaired) electrons. The van der Waals surface area contributed by atoms with Crippen LogP contribution in [0.3, 0.4) is 0 Å². The second kappa shape index (κ2) is 9.60. The second-order valence-electron chi connectivity index (χ2n) is 8.96. The summed E-state index contributed by atoms with van der Waals surface area (Å²) in [4.78, 5) is 17.9. The number of hydrogen-bond donors (Lipinski definition) is 1. The molecule has 0 unspecified atom stereocenters. The number of amides is 1. The van der Waals surface area contributed by atoms with E-state index >= 15 is 0 Å². The summed E-state index contributed by atoms with van der Waals surface area (Å²) in [6.45, 7) is 2.73. The lowest BCUT2D eigenvalue weighted by molar-refractivity contribution is 0.0735. The fourth-order valence-electron chi connectivity index (χ4n) is 4.90. The van der Waals surface area contributed by atoms with Crippen LogP contribution in [-0.4, -0.2) is 44.9 Å². The molecule has 0 atom stereocenters. The highest BCUT2D eigenvalue weighted by Crippen LogP contribution is 2.28. The van der Waals surface area contributed by atoms with Gasteiger partial charge in [-0.25, -0.2) is 13.1 Å². The third-order valence-corrected chi connectivity index (χ3v) is 8.30. The molecule has 2 heterocycles. The molecule has 6 nitrogen and oxygen atoms in total. The maximum Gasteiger partial charge on any atom is 0.256 e. The Morgan fingerprint density at radius 3 is 2.21 bits per heavy atom. The van der Waals surface area contributed by atoms with Crippen LogP contribution in [0, 0.1) is 0 Å². The van der Waals surface area contributed by atoms with E-state index in [1.807, 2.05) is 35.2 Å². The summed E-state index contributed by atoms with van der Waals surface area (Å²) >= 11 is 0. The van der Waals surface area contributed by atoms with Gasteiger partial charge in [0.1, 0.15) is 0 Å². The minimum atomic E-state index is -3.53. The van der Waals surface area contributed by atoms with Gasteiger partial charge in [0.05, 0.1) is 10.5 Å². The standard InChI is InChI=1S/C27H29N3O3S/c31-27(30-17-14-21-8-4-5-9-22(21)20-30)25-12-6-7-13-26(25)29-18-15-23(16-19-29)28-34(32,33)24-10-2-1-3-11-24/h1-13,23,28H,14-20H2. The van der Waals surface area contributed by atoms with Crippen LogP contribution in [0.15, 0.2) is 83.8 Å². The molecule has 0 spiro atoms. The Labute approximate surface area is 201 Å². The lowest BCUT2D eigenvalue weighted by Crippen LogP contribution is -2.45. The summed E-state index contributed by atoms with van der Waals surface area (Å²) in [7, 11) is -3.53. The van der Waals surface area contributed by atoms with Gasteiger partial charge in [0.15, 0.2) is 0 Å². The molecule has 0 aromatic heterocycles. The van der Waals surface area contributed by atoms with E-state index < -0.39 is 10.0 Å². The summed E-state index contributed by atoms with van der Waals surface area (Å²) in [5, 5.41) is 0. The molecule has 7 heteroatoms. The van der Waals surface area contributed by atoms with Gasteiger partial charge >= 0.3 is 0 Å². The number of anilines is 1. The number of para-hydroxylation sites is 1. The fourth-order valence-corrected chi connectivity index (χ4v) is 6.22. The molecule has 0 aliphatic carbocycles. The maximum atomic E-state index is 13.5. The normalized spacial score (nSPS) is 16.8. The molecule has 5 rings (SSSR count). The summed E-state index contributed by atoms with van der Waals surface area (Å²) in [5.41, 5.74) is 4.17. The number of nitrogens with one attached hydrogen (secondary N) is 1. The number of hydrogen-bond acceptors (Lipinski definition) is 4. The zero-order valence-corrected chi connectivity index (χ0v) is 19.9. The summed E-state index contributed by atoms with van der Waals surface area (Å²) < 4.78 is 28.2. The molecule has 2 aliphatic rings. The van der Waals surface area contributed by atoms with Gasteiger partial charge in [-0.1, -0.05) is 54.6 Å². The molecule has 0 bridgehead atoms. The van der Waals surface area contributed by atoms with Crippen LogP contribution in [0.4, 0.5) is 5.69 Å². The van der Waals surface area contributed by atoms with Crippen molar-refractivity contribution in [3.05, 3.63) is 95.6 Å². The van der Waals surface area contributed by atoms with Crippen molar-refractivity contribution in [3.8, 4) is 0 Å². The molecule has 1 fully saturated rings. The molecule has 3 aromatic carbocycles. The molecule has 34 heavy (non-hydrogen) atoms. The summed E-state index contributed by atoms with van der Waals surface area (Å²) in [5.74, 6) is 0.0528. The SMILES string of the molecule is O=C(c1ccccc1N1CCC(NS(=O)(=O)c2ccccc2)CC1)N1CCc2ccccc2C1. The minimum Gasteiger partial charge on any atom is -0.371 e. The van der Waals surface area contributed by atoms with Gasteiger partial charge < -0.3 is 9.80 Å². The van der Waals surface area contributed by atoms with E-state index in [1.54, 1.807) is 30.3 Å². The van der Waals surface area contributed by atoms with Crippen LogP contribution in [0.2, 0.25) is 0 Å². The largest absolute Gasteiger partial charge is 0.371 e. The van der Waals surface area contributed by atoms with E-state index in [4.69, 9.17) is 0 Å². The Hall–Kier alpha value is -3.16. The van der Waals surface area contributed by atoms with Gasteiger partial charge in [0, 0.05) is 37.9 Å². The van der Waals surface area contributed by atoms with Crippen molar-refractivity contribution < 1.29 is 13.2 Å². The van der Waals surface area contributed by atoms with Crippen LogP contribution in [0.1, 0.15) is 34.3 Å². The number of piperidine rings is 1. The summed E-state index contributed by atoms with van der Waals surface area (Å²) in [6.07, 6.45) is 2.24. The van der Waals surface area contributed by atoms with Crippen molar-refractivity contribution in [2.24, 2.45) is 0 Å². The van der Waals surface area contributed by atoms with Crippen molar-refractivity contribution in [1.29, 1.82) is 0 Å². The third kappa shape index (κ3) is 4.72. The van der Waals surface area contributed by atoms with E-state index in [1.165, 1.54) is 11.1 Å². The first-order valence-corrected chi connectivity index (χ1v) is 13.3. The molecule has 1 amide bonds. The molecule has 2 aliphatic heterocycles. The van der Waals surface area contributed by atoms with Crippen molar-refractivity contribution in [2.45, 2.75) is 36.7 Å². The van der Waals surface area contributed by atoms with Crippen molar-refractivity contribution >= 4 is 21.6 Å². The van der Waals surface area contributed by atoms with Crippen molar-refractivity contribution in [2.75, 3.05) is 24.5 Å². The van der Waals surface area contributed by atoms with Gasteiger partial charge in [-0.2, -0.15) is 0 Å². The van der Waals surface area contributed by atoms with Crippen molar-refractivity contribution in [3.63, 3.8) is 0 Å². The predicted molar refractivity (Wildman–Crippen MR) is 133 cm³/mol. The molecule has 176 valence electrons. The van der Waals surface area contributed by atoms with E-state index in [0.29, 0.717) is 44.6 Å². The van der Waals surface area contributed by atoms with Gasteiger partial charge in [-0.15, -0.1) is 0 Å². The van der Waals surface area contributed by atoms with E-state index in [-0.39, 0.29) is 16.8 Å². The highest BCUT2D eigenvalue weighted by molar-refractivity contribution is 7.89. The Kier molecular flexibility index (Phi) is 6.39. The first kappa shape index (κ1) is 22.6. The van der Waals surface area contributed by atoms with Gasteiger partial charge in [-0.05, 0) is 54.7 Å². The number of rotatable bonds is 5. The number of carbonyl (C=O) groups excluding carboxylic acids is 1. The molecule has 0 saturated carbocycles. The zero-order chi connectivity index (χ0) is 23.5. The van der Waals surface area contributed by atoms with Crippen LogP contribution in [0.25, 0.3) is 0 Å². The van der Waals surface area contributed by atoms with E-state index in [2.05, 4.69) is 27.8 Å². The van der Waals surface area contributed by atoms with Gasteiger partial charge in [0.25, 0.3) is 5.91 Å². The van der Waals surface area contributed by atoms with E-state index in [0.717, 1.165) is 12.1 Å². The van der Waals surface area contributed by atoms with E-state index in [9.17, 15) is 13.2 Å². The fraction of sp³-hybridized carbons (Fsp3) is 0.296. The molecular weight excluding hydrogens is 446 g/mol.